The highest BCUT2D eigenvalue weighted by atomic mass is 16.1. The first-order valence-corrected chi connectivity index (χ1v) is 6.41. The number of hydrogen-bond acceptors (Lipinski definition) is 2. The van der Waals surface area contributed by atoms with Crippen LogP contribution in [-0.4, -0.2) is 12.1 Å². The molecule has 0 bridgehead atoms. The number of nitrogens with two attached hydrogens (primary N) is 1. The Morgan fingerprint density at radius 2 is 1.40 bits per heavy atom. The third-order valence-corrected chi connectivity index (χ3v) is 3.62. The first kappa shape index (κ1) is 12.4. The molecule has 3 nitrogen and oxygen atoms in total. The Labute approximate surface area is 117 Å². The molecule has 3 heteroatoms. The molecule has 1 aliphatic rings. The first-order valence-electron chi connectivity index (χ1n) is 6.41. The Bertz CT molecular complexity index is 648. The summed E-state index contributed by atoms with van der Waals surface area (Å²) in [6.07, 6.45) is 3.35. The van der Waals surface area contributed by atoms with Crippen LogP contribution in [-0.2, 0) is 10.2 Å². The number of aliphatic imine (C=N–C) groups is 1. The van der Waals surface area contributed by atoms with Crippen molar-refractivity contribution in [1.29, 1.82) is 0 Å². The van der Waals surface area contributed by atoms with Crippen LogP contribution in [0.15, 0.2) is 77.4 Å². The van der Waals surface area contributed by atoms with E-state index in [4.69, 9.17) is 5.73 Å². The average molecular weight is 262 g/mol. The number of amides is 1. The number of benzene rings is 2. The molecule has 1 heterocycles. The second-order valence-corrected chi connectivity index (χ2v) is 4.73. The molecule has 0 atom stereocenters. The molecule has 2 N–H and O–H groups in total. The van der Waals surface area contributed by atoms with E-state index < -0.39 is 11.3 Å². The van der Waals surface area contributed by atoms with Crippen molar-refractivity contribution in [2.75, 3.05) is 0 Å². The summed E-state index contributed by atoms with van der Waals surface area (Å²) in [5.74, 6) is -0.449. The molecule has 0 unspecified atom stereocenters. The van der Waals surface area contributed by atoms with E-state index in [1.165, 1.54) is 0 Å². The van der Waals surface area contributed by atoms with E-state index in [0.717, 1.165) is 11.1 Å². The lowest BCUT2D eigenvalue weighted by Crippen LogP contribution is -2.36. The van der Waals surface area contributed by atoms with E-state index in [9.17, 15) is 4.79 Å². The summed E-state index contributed by atoms with van der Waals surface area (Å²) in [5.41, 5.74) is 7.34. The quantitative estimate of drug-likeness (QED) is 0.907. The van der Waals surface area contributed by atoms with Crippen LogP contribution in [0.25, 0.3) is 0 Å². The van der Waals surface area contributed by atoms with Gasteiger partial charge in [0.05, 0.1) is 11.0 Å². The van der Waals surface area contributed by atoms with Gasteiger partial charge in [0.1, 0.15) is 0 Å². The standard InChI is InChI=1S/C17H14N2O/c18-16(20)15-11-19-12-17(15,13-7-3-1-4-8-13)14-9-5-2-6-10-14/h1-12H,(H2,18,20). The van der Waals surface area contributed by atoms with Gasteiger partial charge < -0.3 is 5.73 Å². The molecule has 20 heavy (non-hydrogen) atoms. The molecule has 0 fully saturated rings. The van der Waals surface area contributed by atoms with E-state index >= 15 is 0 Å². The number of hydrogen-bond donors (Lipinski definition) is 1. The van der Waals surface area contributed by atoms with Crippen molar-refractivity contribution in [2.45, 2.75) is 5.41 Å². The minimum absolute atomic E-state index is 0.449. The maximum atomic E-state index is 11.8. The number of rotatable bonds is 3. The molecule has 1 aliphatic heterocycles. The summed E-state index contributed by atoms with van der Waals surface area (Å²) in [5, 5.41) is 0. The van der Waals surface area contributed by atoms with Crippen LogP contribution < -0.4 is 5.73 Å². The van der Waals surface area contributed by atoms with Crippen LogP contribution in [0.2, 0.25) is 0 Å². The SMILES string of the molecule is NC(=O)C1=CN=CC1(c1ccccc1)c1ccccc1. The van der Waals surface area contributed by atoms with Crippen molar-refractivity contribution >= 4 is 12.1 Å². The molecular weight excluding hydrogens is 248 g/mol. The highest BCUT2D eigenvalue weighted by Gasteiger charge is 2.41. The smallest absolute Gasteiger partial charge is 0.247 e. The predicted octanol–water partition coefficient (Wildman–Crippen LogP) is 2.43. The van der Waals surface area contributed by atoms with Crippen LogP contribution in [0.5, 0.6) is 0 Å². The van der Waals surface area contributed by atoms with Crippen LogP contribution in [0, 0.1) is 0 Å². The summed E-state index contributed by atoms with van der Waals surface area (Å²) >= 11 is 0. The summed E-state index contributed by atoms with van der Waals surface area (Å²) in [7, 11) is 0. The van der Waals surface area contributed by atoms with Crippen molar-refractivity contribution in [1.82, 2.24) is 0 Å². The van der Waals surface area contributed by atoms with Gasteiger partial charge in [-0.15, -0.1) is 0 Å². The topological polar surface area (TPSA) is 55.5 Å². The molecule has 0 saturated carbocycles. The van der Waals surface area contributed by atoms with Gasteiger partial charge in [-0.2, -0.15) is 0 Å². The Kier molecular flexibility index (Phi) is 2.95. The lowest BCUT2D eigenvalue weighted by atomic mass is 9.71. The van der Waals surface area contributed by atoms with Crippen LogP contribution in [0.1, 0.15) is 11.1 Å². The first-order chi connectivity index (χ1) is 9.75. The minimum Gasteiger partial charge on any atom is -0.366 e. The molecular formula is C17H14N2O. The predicted molar refractivity (Wildman–Crippen MR) is 79.4 cm³/mol. The molecule has 98 valence electrons. The third-order valence-electron chi connectivity index (χ3n) is 3.62. The van der Waals surface area contributed by atoms with E-state index in [2.05, 4.69) is 4.99 Å². The van der Waals surface area contributed by atoms with Crippen LogP contribution in [0.4, 0.5) is 0 Å². The monoisotopic (exact) mass is 262 g/mol. The molecule has 0 saturated heterocycles. The fraction of sp³-hybridized carbons (Fsp3) is 0.0588. The van der Waals surface area contributed by atoms with E-state index in [1.54, 1.807) is 12.4 Å². The van der Waals surface area contributed by atoms with E-state index in [1.807, 2.05) is 60.7 Å². The molecule has 3 rings (SSSR count). The van der Waals surface area contributed by atoms with Crippen molar-refractivity contribution in [2.24, 2.45) is 10.7 Å². The summed E-state index contributed by atoms with van der Waals surface area (Å²) in [4.78, 5) is 16.0. The lowest BCUT2D eigenvalue weighted by Gasteiger charge is -2.29. The number of carbonyl (C=O) groups is 1. The van der Waals surface area contributed by atoms with Gasteiger partial charge in [0.25, 0.3) is 0 Å². The second-order valence-electron chi connectivity index (χ2n) is 4.73. The molecule has 0 aliphatic carbocycles. The maximum absolute atomic E-state index is 11.8. The summed E-state index contributed by atoms with van der Waals surface area (Å²) in [6.45, 7) is 0. The number of nitrogens with zero attached hydrogens (tertiary/aromatic N) is 1. The Morgan fingerprint density at radius 3 is 1.85 bits per heavy atom. The number of carbonyl (C=O) groups excluding carboxylic acids is 1. The summed E-state index contributed by atoms with van der Waals surface area (Å²) in [6, 6.07) is 19.6. The fourth-order valence-corrected chi connectivity index (χ4v) is 2.68. The van der Waals surface area contributed by atoms with Crippen molar-refractivity contribution < 1.29 is 4.79 Å². The summed E-state index contributed by atoms with van der Waals surface area (Å²) < 4.78 is 0. The second kappa shape index (κ2) is 4.78. The van der Waals surface area contributed by atoms with Gasteiger partial charge in [-0.05, 0) is 11.1 Å². The maximum Gasteiger partial charge on any atom is 0.247 e. The van der Waals surface area contributed by atoms with E-state index in [0.29, 0.717) is 5.57 Å². The molecule has 0 radical (unpaired) electrons. The minimum atomic E-state index is -0.686. The van der Waals surface area contributed by atoms with Crippen LogP contribution >= 0.6 is 0 Å². The van der Waals surface area contributed by atoms with E-state index in [-0.39, 0.29) is 0 Å². The molecule has 0 aromatic heterocycles. The van der Waals surface area contributed by atoms with Gasteiger partial charge in [0.15, 0.2) is 0 Å². The lowest BCUT2D eigenvalue weighted by molar-refractivity contribution is -0.114. The highest BCUT2D eigenvalue weighted by Crippen LogP contribution is 2.40. The van der Waals surface area contributed by atoms with Crippen molar-refractivity contribution in [3.05, 3.63) is 83.6 Å². The van der Waals surface area contributed by atoms with Gasteiger partial charge >= 0.3 is 0 Å². The molecule has 0 spiro atoms. The fourth-order valence-electron chi connectivity index (χ4n) is 2.68. The van der Waals surface area contributed by atoms with Crippen LogP contribution in [0.3, 0.4) is 0 Å². The third kappa shape index (κ3) is 1.75. The molecule has 1 amide bonds. The van der Waals surface area contributed by atoms with Gasteiger partial charge in [-0.3, -0.25) is 9.79 Å². The van der Waals surface area contributed by atoms with Crippen molar-refractivity contribution in [3.63, 3.8) is 0 Å². The zero-order valence-corrected chi connectivity index (χ0v) is 10.9. The largest absolute Gasteiger partial charge is 0.366 e. The van der Waals surface area contributed by atoms with Gasteiger partial charge in [-0.1, -0.05) is 60.7 Å². The Morgan fingerprint density at radius 1 is 0.900 bits per heavy atom. The number of primary amides is 1. The zero-order valence-electron chi connectivity index (χ0n) is 10.9. The highest BCUT2D eigenvalue weighted by molar-refractivity contribution is 6.05. The van der Waals surface area contributed by atoms with Gasteiger partial charge in [0, 0.05) is 12.4 Å². The average Bonchev–Trinajstić information content (AvgIpc) is 2.95. The zero-order chi connectivity index (χ0) is 14.0. The molecule has 2 aromatic rings. The molecule has 2 aromatic carbocycles. The van der Waals surface area contributed by atoms with Gasteiger partial charge in [0.2, 0.25) is 5.91 Å². The Balaban J connectivity index is 2.28. The Hall–Kier alpha value is -2.68. The van der Waals surface area contributed by atoms with Gasteiger partial charge in [-0.25, -0.2) is 0 Å². The normalized spacial score (nSPS) is 15.9. The van der Waals surface area contributed by atoms with Crippen molar-refractivity contribution in [3.8, 4) is 0 Å².